The van der Waals surface area contributed by atoms with Crippen LogP contribution in [0, 0.1) is 0 Å². The molecule has 0 aromatic heterocycles. The quantitative estimate of drug-likeness (QED) is 0.389. The molecule has 0 rings (SSSR count). The van der Waals surface area contributed by atoms with E-state index in [1.165, 1.54) is 20.8 Å². The molecule has 0 aliphatic carbocycles. The zero-order valence-corrected chi connectivity index (χ0v) is 14.6. The molecule has 0 spiro atoms. The SMILES string of the molecule is CCS(=O)(=O)[O-].CCS(=O)(=O)[O-].CCS(=O)(=O)[O-].[Ru+3]. The third kappa shape index (κ3) is 56.1. The first-order valence-electron chi connectivity index (χ1n) is 4.49. The van der Waals surface area contributed by atoms with Gasteiger partial charge >= 0.3 is 19.5 Å². The van der Waals surface area contributed by atoms with Crippen LogP contribution in [0.2, 0.25) is 0 Å². The van der Waals surface area contributed by atoms with Gasteiger partial charge in [-0.2, -0.15) is 0 Å². The van der Waals surface area contributed by atoms with Gasteiger partial charge in [0.05, 0.1) is 30.4 Å². The smallest absolute Gasteiger partial charge is 0.748 e. The van der Waals surface area contributed by atoms with Crippen LogP contribution in [-0.2, 0) is 49.8 Å². The van der Waals surface area contributed by atoms with E-state index in [2.05, 4.69) is 0 Å². The van der Waals surface area contributed by atoms with Crippen LogP contribution in [0.4, 0.5) is 0 Å². The fourth-order valence-corrected chi connectivity index (χ4v) is 0. The van der Waals surface area contributed by atoms with E-state index in [9.17, 15) is 38.9 Å². The fourth-order valence-electron chi connectivity index (χ4n) is 0. The normalized spacial score (nSPS) is 11.1. The summed E-state index contributed by atoms with van der Waals surface area (Å²) in [6, 6.07) is 0. The van der Waals surface area contributed by atoms with Gasteiger partial charge in [-0.15, -0.1) is 0 Å². The maximum absolute atomic E-state index is 9.44. The van der Waals surface area contributed by atoms with Crippen LogP contribution in [0.3, 0.4) is 0 Å². The Hall–Kier alpha value is 0.353. The van der Waals surface area contributed by atoms with Gasteiger partial charge in [-0.25, -0.2) is 25.3 Å². The predicted molar refractivity (Wildman–Crippen MR) is 60.7 cm³/mol. The van der Waals surface area contributed by atoms with Crippen molar-refractivity contribution in [2.75, 3.05) is 17.3 Å². The maximum atomic E-state index is 9.44. The van der Waals surface area contributed by atoms with Crippen molar-refractivity contribution >= 4 is 30.4 Å². The summed E-state index contributed by atoms with van der Waals surface area (Å²) < 4.78 is 85.0. The molecule has 0 heterocycles. The maximum Gasteiger partial charge on any atom is 3.00 e. The molecule has 0 atom stereocenters. The molecular formula is C6H15O9RuS3. The van der Waals surface area contributed by atoms with Gasteiger partial charge in [0.15, 0.2) is 0 Å². The third-order valence-electron chi connectivity index (χ3n) is 1.06. The average molecular weight is 428 g/mol. The van der Waals surface area contributed by atoms with E-state index in [0.29, 0.717) is 0 Å². The number of rotatable bonds is 3. The summed E-state index contributed by atoms with van der Waals surface area (Å²) in [6.07, 6.45) is 0. The van der Waals surface area contributed by atoms with E-state index in [4.69, 9.17) is 0 Å². The van der Waals surface area contributed by atoms with Crippen molar-refractivity contribution < 1.29 is 58.4 Å². The Morgan fingerprint density at radius 2 is 0.632 bits per heavy atom. The van der Waals surface area contributed by atoms with Gasteiger partial charge in [0.25, 0.3) is 0 Å². The molecule has 0 bridgehead atoms. The van der Waals surface area contributed by atoms with Crippen molar-refractivity contribution in [2.45, 2.75) is 20.8 Å². The van der Waals surface area contributed by atoms with Crippen LogP contribution in [-0.4, -0.2) is 56.2 Å². The minimum atomic E-state index is -3.91. The molecule has 0 unspecified atom stereocenters. The molecule has 0 aliphatic heterocycles. The van der Waals surface area contributed by atoms with Gasteiger partial charge in [-0.3, -0.25) is 0 Å². The molecule has 9 nitrogen and oxygen atoms in total. The van der Waals surface area contributed by atoms with E-state index < -0.39 is 30.4 Å². The summed E-state index contributed by atoms with van der Waals surface area (Å²) in [4.78, 5) is 0. The second kappa shape index (κ2) is 12.1. The minimum absolute atomic E-state index is 0. The molecule has 19 heavy (non-hydrogen) atoms. The second-order valence-corrected chi connectivity index (χ2v) is 7.62. The summed E-state index contributed by atoms with van der Waals surface area (Å²) in [6.45, 7) is 3.92. The molecule has 1 radical (unpaired) electrons. The Balaban J connectivity index is -0.0000000865. The van der Waals surface area contributed by atoms with Crippen LogP contribution in [0.5, 0.6) is 0 Å². The van der Waals surface area contributed by atoms with Crippen molar-refractivity contribution in [3.05, 3.63) is 0 Å². The monoisotopic (exact) mass is 429 g/mol. The summed E-state index contributed by atoms with van der Waals surface area (Å²) in [5.41, 5.74) is 0. The van der Waals surface area contributed by atoms with Crippen LogP contribution in [0.1, 0.15) is 20.8 Å². The van der Waals surface area contributed by atoms with Gasteiger partial charge < -0.3 is 13.7 Å². The predicted octanol–water partition coefficient (Wildman–Crippen LogP) is -1.35. The molecule has 13 heteroatoms. The van der Waals surface area contributed by atoms with Crippen LogP contribution < -0.4 is 0 Å². The molecule has 119 valence electrons. The zero-order chi connectivity index (χ0) is 15.6. The molecular weight excluding hydrogens is 413 g/mol. The fraction of sp³-hybridized carbons (Fsp3) is 1.00. The first kappa shape index (κ1) is 27.7. The molecule has 0 aromatic carbocycles. The van der Waals surface area contributed by atoms with E-state index >= 15 is 0 Å². The van der Waals surface area contributed by atoms with Crippen molar-refractivity contribution in [3.63, 3.8) is 0 Å². The number of hydrogen-bond acceptors (Lipinski definition) is 9. The molecule has 0 amide bonds. The Labute approximate surface area is 126 Å². The van der Waals surface area contributed by atoms with Crippen molar-refractivity contribution in [1.29, 1.82) is 0 Å². The van der Waals surface area contributed by atoms with E-state index in [-0.39, 0.29) is 36.7 Å². The van der Waals surface area contributed by atoms with Gasteiger partial charge in [0.2, 0.25) is 0 Å². The Morgan fingerprint density at radius 1 is 0.579 bits per heavy atom. The van der Waals surface area contributed by atoms with Gasteiger partial charge in [0.1, 0.15) is 0 Å². The summed E-state index contributed by atoms with van der Waals surface area (Å²) in [5.74, 6) is -0.938. The average Bonchev–Trinajstić information content (AvgIpc) is 2.16. The van der Waals surface area contributed by atoms with E-state index in [0.717, 1.165) is 0 Å². The van der Waals surface area contributed by atoms with Crippen molar-refractivity contribution in [2.24, 2.45) is 0 Å². The second-order valence-electron chi connectivity index (χ2n) is 2.54. The largest absolute Gasteiger partial charge is 3.00 e. The molecule has 0 aromatic rings. The zero-order valence-electron chi connectivity index (χ0n) is 10.4. The van der Waals surface area contributed by atoms with Gasteiger partial charge in [-0.1, -0.05) is 20.8 Å². The number of hydrogen-bond donors (Lipinski definition) is 0. The van der Waals surface area contributed by atoms with Gasteiger partial charge in [0, 0.05) is 17.3 Å². The first-order chi connectivity index (χ1) is 7.68. The van der Waals surface area contributed by atoms with Crippen LogP contribution in [0.15, 0.2) is 0 Å². The molecule has 0 fully saturated rings. The van der Waals surface area contributed by atoms with Gasteiger partial charge in [-0.05, 0) is 0 Å². The Morgan fingerprint density at radius 3 is 0.632 bits per heavy atom. The minimum Gasteiger partial charge on any atom is -0.748 e. The Bertz CT molecular complexity index is 414. The standard InChI is InChI=1S/3C2H6O3S.Ru/c3*1-2-6(3,4)5;/h3*2H2,1H3,(H,3,4,5);/q;;;+3/p-3. The first-order valence-corrected chi connectivity index (χ1v) is 9.22. The van der Waals surface area contributed by atoms with Crippen molar-refractivity contribution in [1.82, 2.24) is 0 Å². The van der Waals surface area contributed by atoms with E-state index in [1.54, 1.807) is 0 Å². The molecule has 0 aliphatic rings. The van der Waals surface area contributed by atoms with Crippen LogP contribution in [0.25, 0.3) is 0 Å². The topological polar surface area (TPSA) is 172 Å². The molecule has 0 saturated heterocycles. The van der Waals surface area contributed by atoms with E-state index in [1.807, 2.05) is 0 Å². The summed E-state index contributed by atoms with van der Waals surface area (Å²) in [5, 5.41) is 0. The summed E-state index contributed by atoms with van der Waals surface area (Å²) >= 11 is 0. The molecule has 0 saturated carbocycles. The van der Waals surface area contributed by atoms with Crippen LogP contribution >= 0.6 is 0 Å². The molecule has 0 N–H and O–H groups in total. The summed E-state index contributed by atoms with van der Waals surface area (Å²) in [7, 11) is -11.7. The third-order valence-corrected chi connectivity index (χ3v) is 3.18. The Kier molecular flexibility index (Phi) is 17.6. The van der Waals surface area contributed by atoms with Crippen molar-refractivity contribution in [3.8, 4) is 0 Å².